The first-order valence-corrected chi connectivity index (χ1v) is 7.65. The molecule has 0 radical (unpaired) electrons. The van der Waals surface area contributed by atoms with E-state index in [2.05, 4.69) is 36.7 Å². The van der Waals surface area contributed by atoms with Crippen molar-refractivity contribution in [3.8, 4) is 6.01 Å². The summed E-state index contributed by atoms with van der Waals surface area (Å²) in [5.41, 5.74) is 3.67. The quantitative estimate of drug-likeness (QED) is 0.803. The molecule has 0 unspecified atom stereocenters. The molecule has 1 aromatic carbocycles. The number of imidazole rings is 1. The smallest absolute Gasteiger partial charge is 0.317 e. The first-order chi connectivity index (χ1) is 10.5. The maximum Gasteiger partial charge on any atom is 0.317 e. The average molecular weight is 324 g/mol. The minimum Gasteiger partial charge on any atom is -0.347 e. The van der Waals surface area contributed by atoms with Crippen LogP contribution < -0.4 is 4.29 Å². The second kappa shape index (κ2) is 5.89. The highest BCUT2D eigenvalue weighted by molar-refractivity contribution is 6.09. The van der Waals surface area contributed by atoms with Gasteiger partial charge in [0.05, 0.1) is 11.0 Å². The Morgan fingerprint density at radius 2 is 2.27 bits per heavy atom. The number of benzene rings is 1. The van der Waals surface area contributed by atoms with Gasteiger partial charge in [0.2, 0.25) is 0 Å². The molecule has 0 saturated heterocycles. The second-order valence-corrected chi connectivity index (χ2v) is 6.23. The predicted octanol–water partition coefficient (Wildman–Crippen LogP) is 3.88. The van der Waals surface area contributed by atoms with Crippen LogP contribution in [0.4, 0.5) is 4.39 Å². The molecule has 0 aliphatic carbocycles. The van der Waals surface area contributed by atoms with Crippen LogP contribution in [-0.4, -0.2) is 27.0 Å². The van der Waals surface area contributed by atoms with Crippen LogP contribution in [-0.2, 0) is 13.1 Å². The molecule has 1 aliphatic rings. The Hall–Kier alpha value is -1.59. The summed E-state index contributed by atoms with van der Waals surface area (Å²) in [7, 11) is 0. The third kappa shape index (κ3) is 2.71. The summed E-state index contributed by atoms with van der Waals surface area (Å²) >= 11 is 5.54. The van der Waals surface area contributed by atoms with Gasteiger partial charge in [0, 0.05) is 31.7 Å². The molecule has 0 amide bonds. The molecule has 4 nitrogen and oxygen atoms in total. The minimum atomic E-state index is -0.287. The molecular formula is C16H19ClFN3O. The lowest BCUT2D eigenvalue weighted by Gasteiger charge is -2.26. The van der Waals surface area contributed by atoms with Crippen LogP contribution in [0, 0.1) is 5.82 Å². The van der Waals surface area contributed by atoms with Crippen LogP contribution in [0.5, 0.6) is 6.01 Å². The topological polar surface area (TPSA) is 30.3 Å². The van der Waals surface area contributed by atoms with E-state index in [-0.39, 0.29) is 11.9 Å². The highest BCUT2D eigenvalue weighted by Crippen LogP contribution is 2.31. The molecule has 22 heavy (non-hydrogen) atoms. The summed E-state index contributed by atoms with van der Waals surface area (Å²) in [6.45, 7) is 8.51. The Labute approximate surface area is 134 Å². The summed E-state index contributed by atoms with van der Waals surface area (Å²) in [5, 5.41) is 0. The zero-order valence-corrected chi connectivity index (χ0v) is 13.7. The van der Waals surface area contributed by atoms with Crippen molar-refractivity contribution in [3.63, 3.8) is 0 Å². The van der Waals surface area contributed by atoms with Crippen LogP contribution in [0.1, 0.15) is 26.3 Å². The first kappa shape index (κ1) is 15.3. The standard InChI is InChI=1S/C16H19ClFN3O/c1-10(2)4-5-20-9-12-6-13(18)7-14-15(12)21(8-11(20)3)16(19-14)22-17/h4,6-7,11H,5,8-9H2,1-3H3/t11-/m0/s1. The highest BCUT2D eigenvalue weighted by atomic mass is 35.5. The van der Waals surface area contributed by atoms with Gasteiger partial charge in [-0.15, -0.1) is 0 Å². The van der Waals surface area contributed by atoms with E-state index >= 15 is 0 Å². The largest absolute Gasteiger partial charge is 0.347 e. The lowest BCUT2D eigenvalue weighted by molar-refractivity contribution is 0.208. The van der Waals surface area contributed by atoms with Crippen LogP contribution in [0.15, 0.2) is 23.8 Å². The van der Waals surface area contributed by atoms with E-state index in [4.69, 9.17) is 16.2 Å². The van der Waals surface area contributed by atoms with Gasteiger partial charge in [-0.1, -0.05) is 11.6 Å². The zero-order chi connectivity index (χ0) is 15.9. The predicted molar refractivity (Wildman–Crippen MR) is 85.5 cm³/mol. The van der Waals surface area contributed by atoms with Crippen molar-refractivity contribution >= 4 is 22.9 Å². The van der Waals surface area contributed by atoms with Crippen LogP contribution in [0.2, 0.25) is 0 Å². The van der Waals surface area contributed by atoms with Crippen molar-refractivity contribution in [2.24, 2.45) is 0 Å². The molecule has 1 atom stereocenters. The number of nitrogens with zero attached hydrogens (tertiary/aromatic N) is 3. The molecule has 0 saturated carbocycles. The Balaban J connectivity index is 2.09. The van der Waals surface area contributed by atoms with Crippen molar-refractivity contribution in [1.82, 2.24) is 14.5 Å². The van der Waals surface area contributed by atoms with Crippen LogP contribution >= 0.6 is 11.9 Å². The second-order valence-electron chi connectivity index (χ2n) is 6.07. The lowest BCUT2D eigenvalue weighted by Crippen LogP contribution is -2.34. The third-order valence-electron chi connectivity index (χ3n) is 4.10. The highest BCUT2D eigenvalue weighted by Gasteiger charge is 2.25. The normalized spacial score (nSPS) is 18.3. The summed E-state index contributed by atoms with van der Waals surface area (Å²) < 4.78 is 20.7. The number of allylic oxidation sites excluding steroid dienone is 1. The summed E-state index contributed by atoms with van der Waals surface area (Å²) in [6.07, 6.45) is 2.19. The Kier molecular flexibility index (Phi) is 4.10. The molecule has 2 heterocycles. The van der Waals surface area contributed by atoms with Gasteiger partial charge in [0.15, 0.2) is 0 Å². The third-order valence-corrected chi connectivity index (χ3v) is 4.24. The zero-order valence-electron chi connectivity index (χ0n) is 12.9. The number of aromatic nitrogens is 2. The van der Waals surface area contributed by atoms with Gasteiger partial charge in [0.1, 0.15) is 17.7 Å². The molecule has 0 spiro atoms. The van der Waals surface area contributed by atoms with E-state index in [9.17, 15) is 4.39 Å². The number of hydrogen-bond acceptors (Lipinski definition) is 3. The van der Waals surface area contributed by atoms with Gasteiger partial charge in [0.25, 0.3) is 0 Å². The van der Waals surface area contributed by atoms with E-state index in [1.54, 1.807) is 6.07 Å². The Bertz CT molecular complexity index is 737. The van der Waals surface area contributed by atoms with Gasteiger partial charge in [-0.3, -0.25) is 9.47 Å². The molecule has 0 fully saturated rings. The molecule has 6 heteroatoms. The molecule has 3 rings (SSSR count). The summed E-state index contributed by atoms with van der Waals surface area (Å²) in [4.78, 5) is 6.59. The minimum absolute atomic E-state index is 0.258. The average Bonchev–Trinajstić information content (AvgIpc) is 2.72. The van der Waals surface area contributed by atoms with E-state index in [0.29, 0.717) is 24.6 Å². The van der Waals surface area contributed by atoms with Gasteiger partial charge in [-0.2, -0.15) is 4.98 Å². The summed E-state index contributed by atoms with van der Waals surface area (Å²) in [6, 6.07) is 3.57. The monoisotopic (exact) mass is 323 g/mol. The SMILES string of the molecule is CC(C)=CCN1Cc2cc(F)cc3nc(OCl)n(c23)C[C@@H]1C. The van der Waals surface area contributed by atoms with E-state index in [1.165, 1.54) is 11.6 Å². The maximum absolute atomic E-state index is 13.9. The molecular weight excluding hydrogens is 305 g/mol. The van der Waals surface area contributed by atoms with Crippen molar-refractivity contribution in [3.05, 3.63) is 35.2 Å². The van der Waals surface area contributed by atoms with E-state index in [0.717, 1.165) is 17.6 Å². The number of hydrogen-bond donors (Lipinski definition) is 0. The van der Waals surface area contributed by atoms with Crippen molar-refractivity contribution < 1.29 is 8.68 Å². The molecule has 0 bridgehead atoms. The fourth-order valence-corrected chi connectivity index (χ4v) is 3.06. The fraction of sp³-hybridized carbons (Fsp3) is 0.438. The Morgan fingerprint density at radius 1 is 1.50 bits per heavy atom. The number of halogens is 2. The van der Waals surface area contributed by atoms with Gasteiger partial charge < -0.3 is 4.29 Å². The van der Waals surface area contributed by atoms with Crippen LogP contribution in [0.25, 0.3) is 11.0 Å². The van der Waals surface area contributed by atoms with E-state index < -0.39 is 0 Å². The Morgan fingerprint density at radius 3 is 2.95 bits per heavy atom. The fourth-order valence-electron chi connectivity index (χ4n) is 2.94. The molecule has 0 N–H and O–H groups in total. The van der Waals surface area contributed by atoms with Crippen molar-refractivity contribution in [2.45, 2.75) is 39.9 Å². The maximum atomic E-state index is 13.9. The lowest BCUT2D eigenvalue weighted by atomic mass is 10.1. The van der Waals surface area contributed by atoms with Crippen molar-refractivity contribution in [1.29, 1.82) is 0 Å². The van der Waals surface area contributed by atoms with Gasteiger partial charge in [-0.05, 0) is 32.4 Å². The van der Waals surface area contributed by atoms with Crippen LogP contribution in [0.3, 0.4) is 0 Å². The van der Waals surface area contributed by atoms with E-state index in [1.807, 2.05) is 4.57 Å². The number of rotatable bonds is 3. The molecule has 1 aromatic heterocycles. The van der Waals surface area contributed by atoms with Crippen molar-refractivity contribution in [2.75, 3.05) is 6.54 Å². The first-order valence-electron chi connectivity index (χ1n) is 7.34. The molecule has 118 valence electrons. The van der Waals surface area contributed by atoms with Gasteiger partial charge in [-0.25, -0.2) is 4.39 Å². The summed E-state index contributed by atoms with van der Waals surface area (Å²) in [5.74, 6) is -0.287. The molecule has 1 aliphatic heterocycles. The molecule has 2 aromatic rings. The van der Waals surface area contributed by atoms with Gasteiger partial charge >= 0.3 is 6.01 Å².